The number of benzene rings is 1. The number of hydrogen-bond donors (Lipinski definition) is 0. The first-order chi connectivity index (χ1) is 7.30. The molecule has 0 amide bonds. The quantitative estimate of drug-likeness (QED) is 0.541. The molecule has 1 aromatic carbocycles. The minimum atomic E-state index is -4.31. The van der Waals surface area contributed by atoms with Crippen molar-refractivity contribution in [3.63, 3.8) is 0 Å². The monoisotopic (exact) mass is 400 g/mol. The van der Waals surface area contributed by atoms with Gasteiger partial charge in [0.25, 0.3) is 0 Å². The van der Waals surface area contributed by atoms with E-state index >= 15 is 0 Å². The molecular weight excluding hydrogens is 387 g/mol. The average Bonchev–Trinajstić information content (AvgIpc) is 2.17. The maximum atomic E-state index is 13.4. The van der Waals surface area contributed by atoms with Crippen molar-refractivity contribution in [3.8, 4) is 0 Å². The van der Waals surface area contributed by atoms with E-state index in [-0.39, 0.29) is 5.92 Å². The summed E-state index contributed by atoms with van der Waals surface area (Å²) in [6.07, 6.45) is -4.31. The minimum absolute atomic E-state index is 0.0365. The Kier molecular flexibility index (Phi) is 4.71. The molecule has 16 heavy (non-hydrogen) atoms. The first-order valence-corrected chi connectivity index (χ1v) is 8.75. The van der Waals surface area contributed by atoms with Crippen LogP contribution in [0.1, 0.15) is 19.4 Å². The molecule has 0 aliphatic rings. The summed E-state index contributed by atoms with van der Waals surface area (Å²) in [4.78, 5) is 0. The fourth-order valence-electron chi connectivity index (χ4n) is 1.08. The molecule has 0 fully saturated rings. The second-order valence-electron chi connectivity index (χ2n) is 3.87. The van der Waals surface area contributed by atoms with Crippen LogP contribution in [-0.2, 0) is 29.1 Å². The van der Waals surface area contributed by atoms with E-state index in [1.54, 1.807) is 13.8 Å². The van der Waals surface area contributed by atoms with Crippen LogP contribution in [0.3, 0.4) is 0 Å². The standard InChI is InChI=1S/C7H4F3.C4H8F.Hf/c8-7(9,10)6-4-2-1-3-5-6;1-4(2)3-5;/h2-5H;3-4H,1-2H3;. The molecule has 0 bridgehead atoms. The van der Waals surface area contributed by atoms with Crippen molar-refractivity contribution in [2.24, 2.45) is 5.92 Å². The number of hydrogen-bond acceptors (Lipinski definition) is 0. The molecule has 1 aromatic rings. The van der Waals surface area contributed by atoms with Crippen molar-refractivity contribution in [2.45, 2.75) is 24.0 Å². The van der Waals surface area contributed by atoms with E-state index in [0.29, 0.717) is 0 Å². The fourth-order valence-corrected chi connectivity index (χ4v) is 4.71. The Bertz CT molecular complexity index is 329. The third-order valence-electron chi connectivity index (χ3n) is 2.10. The first kappa shape index (κ1) is 13.9. The van der Waals surface area contributed by atoms with Crippen molar-refractivity contribution in [2.75, 3.05) is 0 Å². The third-order valence-corrected chi connectivity index (χ3v) is 7.88. The molecule has 0 aliphatic heterocycles. The Labute approximate surface area is 103 Å². The van der Waals surface area contributed by atoms with Crippen molar-refractivity contribution < 1.29 is 40.5 Å². The molecule has 0 heterocycles. The maximum absolute atomic E-state index is 13.4. The van der Waals surface area contributed by atoms with Gasteiger partial charge in [0.2, 0.25) is 0 Å². The summed E-state index contributed by atoms with van der Waals surface area (Å²) < 4.78 is 50.1. The summed E-state index contributed by atoms with van der Waals surface area (Å²) in [5, 5.41) is 0. The van der Waals surface area contributed by atoms with Gasteiger partial charge in [-0.3, -0.25) is 0 Å². The molecule has 0 radical (unpaired) electrons. The van der Waals surface area contributed by atoms with Crippen LogP contribution in [-0.4, -0.2) is 3.93 Å². The number of alkyl halides is 4. The predicted octanol–water partition coefficient (Wildman–Crippen LogP) is 3.36. The van der Waals surface area contributed by atoms with Crippen LogP contribution < -0.4 is 3.32 Å². The van der Waals surface area contributed by atoms with Gasteiger partial charge in [0.15, 0.2) is 0 Å². The second-order valence-corrected chi connectivity index (χ2v) is 8.96. The third kappa shape index (κ3) is 4.00. The van der Waals surface area contributed by atoms with E-state index in [9.17, 15) is 17.6 Å². The van der Waals surface area contributed by atoms with Gasteiger partial charge in [0.1, 0.15) is 0 Å². The van der Waals surface area contributed by atoms with Crippen LogP contribution in [0, 0.1) is 5.92 Å². The molecule has 1 unspecified atom stereocenters. The molecule has 88 valence electrons. The van der Waals surface area contributed by atoms with Crippen molar-refractivity contribution in [1.29, 1.82) is 0 Å². The summed E-state index contributed by atoms with van der Waals surface area (Å²) in [7, 11) is 0. The molecule has 0 spiro atoms. The van der Waals surface area contributed by atoms with Crippen LogP contribution >= 0.6 is 0 Å². The zero-order chi connectivity index (χ0) is 12.3. The summed E-state index contributed by atoms with van der Waals surface area (Å²) in [6, 6.07) is 4.91. The van der Waals surface area contributed by atoms with Gasteiger partial charge in [-0.2, -0.15) is 0 Å². The van der Waals surface area contributed by atoms with Gasteiger partial charge < -0.3 is 0 Å². The molecule has 0 saturated heterocycles. The Morgan fingerprint density at radius 2 is 1.56 bits per heavy atom. The Hall–Kier alpha value is -0.190. The molecule has 0 aliphatic carbocycles. The molecule has 0 aromatic heterocycles. The molecule has 1 rings (SSSR count). The Morgan fingerprint density at radius 1 is 1.06 bits per heavy atom. The Balaban J connectivity index is 2.72. The molecular formula is C11H12F4Hf. The predicted molar refractivity (Wildman–Crippen MR) is 50.8 cm³/mol. The first-order valence-electron chi connectivity index (χ1n) is 4.88. The van der Waals surface area contributed by atoms with E-state index in [4.69, 9.17) is 0 Å². The van der Waals surface area contributed by atoms with E-state index in [0.717, 1.165) is 15.5 Å². The van der Waals surface area contributed by atoms with Gasteiger partial charge >= 0.3 is 103 Å². The van der Waals surface area contributed by atoms with Gasteiger partial charge in [0, 0.05) is 0 Å². The molecule has 5 heteroatoms. The SMILES string of the molecule is CC(C)[CH](F)[Hf][c]1ccc(C(F)(F)F)cc1. The van der Waals surface area contributed by atoms with Crippen molar-refractivity contribution >= 4 is 3.32 Å². The summed E-state index contributed by atoms with van der Waals surface area (Å²) >= 11 is -1.64. The van der Waals surface area contributed by atoms with Crippen LogP contribution in [0.25, 0.3) is 0 Å². The summed E-state index contributed by atoms with van der Waals surface area (Å²) in [5.74, 6) is -0.0365. The van der Waals surface area contributed by atoms with Gasteiger partial charge in [-0.05, 0) is 0 Å². The van der Waals surface area contributed by atoms with Crippen LogP contribution in [0.15, 0.2) is 24.3 Å². The van der Waals surface area contributed by atoms with Crippen LogP contribution in [0.5, 0.6) is 0 Å². The topological polar surface area (TPSA) is 0 Å². The normalized spacial score (nSPS) is 13.9. The van der Waals surface area contributed by atoms with Gasteiger partial charge in [-0.15, -0.1) is 0 Å². The van der Waals surface area contributed by atoms with Crippen LogP contribution in [0.4, 0.5) is 17.6 Å². The summed E-state index contributed by atoms with van der Waals surface area (Å²) in [5.41, 5.74) is -0.667. The van der Waals surface area contributed by atoms with Gasteiger partial charge in [0.05, 0.1) is 0 Å². The van der Waals surface area contributed by atoms with E-state index in [2.05, 4.69) is 0 Å². The zero-order valence-electron chi connectivity index (χ0n) is 8.98. The van der Waals surface area contributed by atoms with E-state index < -0.39 is 38.6 Å². The van der Waals surface area contributed by atoms with Crippen molar-refractivity contribution in [1.82, 2.24) is 0 Å². The molecule has 0 N–H and O–H groups in total. The molecule has 1 atom stereocenters. The van der Waals surface area contributed by atoms with Crippen molar-refractivity contribution in [3.05, 3.63) is 29.8 Å². The average molecular weight is 399 g/mol. The molecule has 0 nitrogen and oxygen atoms in total. The Morgan fingerprint density at radius 3 is 1.94 bits per heavy atom. The van der Waals surface area contributed by atoms with E-state index in [1.165, 1.54) is 12.1 Å². The fraction of sp³-hybridized carbons (Fsp3) is 0.455. The van der Waals surface area contributed by atoms with E-state index in [1.807, 2.05) is 0 Å². The number of rotatable bonds is 3. The van der Waals surface area contributed by atoms with Gasteiger partial charge in [-0.1, -0.05) is 0 Å². The van der Waals surface area contributed by atoms with Gasteiger partial charge in [-0.25, -0.2) is 0 Å². The molecule has 0 saturated carbocycles. The second kappa shape index (κ2) is 5.43. The summed E-state index contributed by atoms with van der Waals surface area (Å²) in [6.45, 7) is 3.59. The van der Waals surface area contributed by atoms with Crippen LogP contribution in [0.2, 0.25) is 0 Å². The zero-order valence-corrected chi connectivity index (χ0v) is 12.6. The number of halogens is 4.